The van der Waals surface area contributed by atoms with Crippen molar-refractivity contribution in [1.82, 2.24) is 15.0 Å². The summed E-state index contributed by atoms with van der Waals surface area (Å²) in [5, 5.41) is 8.39. The Morgan fingerprint density at radius 1 is 1.05 bits per heavy atom. The van der Waals surface area contributed by atoms with Crippen molar-refractivity contribution in [2.24, 2.45) is 0 Å². The van der Waals surface area contributed by atoms with Crippen molar-refractivity contribution in [2.45, 2.75) is 6.92 Å². The minimum absolute atomic E-state index is 0.875. The average molecular weight is 314 g/mol. The first-order chi connectivity index (χ1) is 9.22. The van der Waals surface area contributed by atoms with E-state index < -0.39 is 0 Å². The standard InChI is InChI=1S/C15H12BrN3/c1-11-5-7-12(8-6-11)15-10-19(18-17-15)14-4-2-3-13(16)9-14/h2-10H,1H3. The Labute approximate surface area is 120 Å². The van der Waals surface area contributed by atoms with E-state index >= 15 is 0 Å². The number of hydrogen-bond acceptors (Lipinski definition) is 2. The Balaban J connectivity index is 1.97. The maximum atomic E-state index is 4.22. The molecule has 0 aliphatic heterocycles. The Morgan fingerprint density at radius 2 is 1.84 bits per heavy atom. The summed E-state index contributed by atoms with van der Waals surface area (Å²) in [4.78, 5) is 0. The van der Waals surface area contributed by atoms with Crippen molar-refractivity contribution in [3.63, 3.8) is 0 Å². The summed E-state index contributed by atoms with van der Waals surface area (Å²) in [6.07, 6.45) is 1.94. The lowest BCUT2D eigenvalue weighted by molar-refractivity contribution is 0.803. The van der Waals surface area contributed by atoms with Gasteiger partial charge in [-0.25, -0.2) is 4.68 Å². The third-order valence-electron chi connectivity index (χ3n) is 2.91. The van der Waals surface area contributed by atoms with Crippen LogP contribution in [0.3, 0.4) is 0 Å². The van der Waals surface area contributed by atoms with Crippen molar-refractivity contribution in [2.75, 3.05) is 0 Å². The van der Waals surface area contributed by atoms with E-state index in [1.807, 2.05) is 30.5 Å². The maximum absolute atomic E-state index is 4.22. The van der Waals surface area contributed by atoms with Crippen LogP contribution in [0.4, 0.5) is 0 Å². The van der Waals surface area contributed by atoms with Gasteiger partial charge in [0.25, 0.3) is 0 Å². The third-order valence-corrected chi connectivity index (χ3v) is 3.41. The fourth-order valence-electron chi connectivity index (χ4n) is 1.87. The molecule has 19 heavy (non-hydrogen) atoms. The molecular formula is C15H12BrN3. The molecule has 4 heteroatoms. The topological polar surface area (TPSA) is 30.7 Å². The SMILES string of the molecule is Cc1ccc(-c2cn(-c3cccc(Br)c3)nn2)cc1. The highest BCUT2D eigenvalue weighted by Crippen LogP contribution is 2.19. The first-order valence-electron chi connectivity index (χ1n) is 5.98. The van der Waals surface area contributed by atoms with Gasteiger partial charge < -0.3 is 0 Å². The molecule has 0 atom stereocenters. The zero-order valence-corrected chi connectivity index (χ0v) is 12.0. The number of halogens is 1. The molecule has 0 bridgehead atoms. The van der Waals surface area contributed by atoms with Gasteiger partial charge in [-0.05, 0) is 25.1 Å². The van der Waals surface area contributed by atoms with Crippen molar-refractivity contribution < 1.29 is 0 Å². The van der Waals surface area contributed by atoms with E-state index in [1.54, 1.807) is 4.68 Å². The molecule has 0 aliphatic carbocycles. The fourth-order valence-corrected chi connectivity index (χ4v) is 2.25. The van der Waals surface area contributed by atoms with Gasteiger partial charge >= 0.3 is 0 Å². The molecule has 0 unspecified atom stereocenters. The molecule has 0 fully saturated rings. The fraction of sp³-hybridized carbons (Fsp3) is 0.0667. The van der Waals surface area contributed by atoms with Crippen LogP contribution in [-0.2, 0) is 0 Å². The van der Waals surface area contributed by atoms with Crippen molar-refractivity contribution in [3.8, 4) is 16.9 Å². The lowest BCUT2D eigenvalue weighted by Crippen LogP contribution is -1.93. The van der Waals surface area contributed by atoms with Crippen LogP contribution in [-0.4, -0.2) is 15.0 Å². The summed E-state index contributed by atoms with van der Waals surface area (Å²) < 4.78 is 2.80. The second kappa shape index (κ2) is 4.97. The molecule has 3 aromatic rings. The van der Waals surface area contributed by atoms with Gasteiger partial charge in [-0.3, -0.25) is 0 Å². The average Bonchev–Trinajstić information content (AvgIpc) is 2.89. The number of benzene rings is 2. The van der Waals surface area contributed by atoms with Gasteiger partial charge in [0.15, 0.2) is 0 Å². The highest BCUT2D eigenvalue weighted by Gasteiger charge is 2.05. The summed E-state index contributed by atoms with van der Waals surface area (Å²) in [5.41, 5.74) is 4.18. The third kappa shape index (κ3) is 2.58. The second-order valence-corrected chi connectivity index (χ2v) is 5.31. The second-order valence-electron chi connectivity index (χ2n) is 4.39. The zero-order chi connectivity index (χ0) is 13.2. The minimum Gasteiger partial charge on any atom is -0.220 e. The highest BCUT2D eigenvalue weighted by molar-refractivity contribution is 9.10. The molecule has 0 amide bonds. The number of hydrogen-bond donors (Lipinski definition) is 0. The smallest absolute Gasteiger partial charge is 0.113 e. The summed E-state index contributed by atoms with van der Waals surface area (Å²) in [7, 11) is 0. The van der Waals surface area contributed by atoms with Crippen LogP contribution >= 0.6 is 15.9 Å². The molecule has 0 saturated carbocycles. The first kappa shape index (κ1) is 12.1. The van der Waals surface area contributed by atoms with Crippen LogP contribution in [0.2, 0.25) is 0 Å². The highest BCUT2D eigenvalue weighted by atomic mass is 79.9. The van der Waals surface area contributed by atoms with E-state index in [9.17, 15) is 0 Å². The number of nitrogens with zero attached hydrogens (tertiary/aromatic N) is 3. The predicted molar refractivity (Wildman–Crippen MR) is 79.2 cm³/mol. The predicted octanol–water partition coefficient (Wildman–Crippen LogP) is 4.01. The van der Waals surface area contributed by atoms with Crippen LogP contribution in [0, 0.1) is 6.92 Å². The van der Waals surface area contributed by atoms with Crippen LogP contribution in [0.5, 0.6) is 0 Å². The maximum Gasteiger partial charge on any atom is 0.113 e. The Hall–Kier alpha value is -1.94. The van der Waals surface area contributed by atoms with Crippen LogP contribution in [0.25, 0.3) is 16.9 Å². The van der Waals surface area contributed by atoms with Gasteiger partial charge in [0.05, 0.1) is 11.9 Å². The summed E-state index contributed by atoms with van der Waals surface area (Å²) in [5.74, 6) is 0. The van der Waals surface area contributed by atoms with E-state index in [1.165, 1.54) is 5.56 Å². The van der Waals surface area contributed by atoms with Crippen LogP contribution < -0.4 is 0 Å². The first-order valence-corrected chi connectivity index (χ1v) is 6.77. The van der Waals surface area contributed by atoms with Crippen LogP contribution in [0.15, 0.2) is 59.2 Å². The van der Waals surface area contributed by atoms with E-state index in [2.05, 4.69) is 57.4 Å². The zero-order valence-electron chi connectivity index (χ0n) is 10.4. The molecule has 0 saturated heterocycles. The van der Waals surface area contributed by atoms with Crippen molar-refractivity contribution in [1.29, 1.82) is 0 Å². The number of rotatable bonds is 2. The lowest BCUT2D eigenvalue weighted by Gasteiger charge is -1.99. The molecule has 0 radical (unpaired) electrons. The van der Waals surface area contributed by atoms with Crippen molar-refractivity contribution in [3.05, 3.63) is 64.8 Å². The summed E-state index contributed by atoms with van der Waals surface area (Å²) in [6, 6.07) is 16.2. The molecule has 0 N–H and O–H groups in total. The number of aryl methyl sites for hydroxylation is 1. The molecule has 2 aromatic carbocycles. The summed E-state index contributed by atoms with van der Waals surface area (Å²) >= 11 is 3.46. The molecular weight excluding hydrogens is 302 g/mol. The lowest BCUT2D eigenvalue weighted by atomic mass is 10.1. The molecule has 94 valence electrons. The minimum atomic E-state index is 0.875. The molecule has 1 aromatic heterocycles. The molecule has 0 aliphatic rings. The Kier molecular flexibility index (Phi) is 3.17. The molecule has 1 heterocycles. The Bertz CT molecular complexity index is 701. The van der Waals surface area contributed by atoms with Gasteiger partial charge in [0.1, 0.15) is 5.69 Å². The van der Waals surface area contributed by atoms with E-state index in [4.69, 9.17) is 0 Å². The molecule has 0 spiro atoms. The van der Waals surface area contributed by atoms with Crippen LogP contribution in [0.1, 0.15) is 5.56 Å². The largest absolute Gasteiger partial charge is 0.220 e. The quantitative estimate of drug-likeness (QED) is 0.715. The van der Waals surface area contributed by atoms with Gasteiger partial charge in [-0.15, -0.1) is 5.10 Å². The van der Waals surface area contributed by atoms with Gasteiger partial charge in [0.2, 0.25) is 0 Å². The van der Waals surface area contributed by atoms with Gasteiger partial charge in [-0.1, -0.05) is 57.0 Å². The van der Waals surface area contributed by atoms with Gasteiger partial charge in [-0.2, -0.15) is 0 Å². The van der Waals surface area contributed by atoms with E-state index in [0.717, 1.165) is 21.4 Å². The van der Waals surface area contributed by atoms with E-state index in [-0.39, 0.29) is 0 Å². The van der Waals surface area contributed by atoms with Gasteiger partial charge in [0, 0.05) is 10.0 Å². The monoisotopic (exact) mass is 313 g/mol. The number of aromatic nitrogens is 3. The normalized spacial score (nSPS) is 10.6. The van der Waals surface area contributed by atoms with E-state index in [0.29, 0.717) is 0 Å². The summed E-state index contributed by atoms with van der Waals surface area (Å²) in [6.45, 7) is 2.07. The molecule has 3 rings (SSSR count). The Morgan fingerprint density at radius 3 is 2.58 bits per heavy atom. The van der Waals surface area contributed by atoms with Crippen molar-refractivity contribution >= 4 is 15.9 Å². The molecule has 3 nitrogen and oxygen atoms in total.